The maximum Gasteiger partial charge on any atom is 0.272 e. The van der Waals surface area contributed by atoms with Gasteiger partial charge in [0.05, 0.1) is 10.6 Å². The van der Waals surface area contributed by atoms with E-state index in [9.17, 15) is 13.2 Å². The fourth-order valence-corrected chi connectivity index (χ4v) is 6.59. The lowest BCUT2D eigenvalue weighted by Crippen LogP contribution is -2.37. The summed E-state index contributed by atoms with van der Waals surface area (Å²) in [6.07, 6.45) is 3.87. The number of rotatable bonds is 4. The number of halogens is 1. The van der Waals surface area contributed by atoms with Gasteiger partial charge >= 0.3 is 0 Å². The molecule has 0 saturated heterocycles. The molecule has 0 unspecified atom stereocenters. The topological polar surface area (TPSA) is 67.6 Å². The molecule has 3 aromatic carbocycles. The number of hydrogen-bond donors (Lipinski definition) is 0. The van der Waals surface area contributed by atoms with E-state index in [0.717, 1.165) is 57.8 Å². The van der Waals surface area contributed by atoms with Gasteiger partial charge in [-0.25, -0.2) is 8.42 Å². The minimum atomic E-state index is -4.23. The van der Waals surface area contributed by atoms with Gasteiger partial charge in [-0.2, -0.15) is 4.31 Å². The fourth-order valence-electron chi connectivity index (χ4n) is 4.76. The van der Waals surface area contributed by atoms with Crippen LogP contribution in [0.15, 0.2) is 63.9 Å². The SMILES string of the molecule is Cc1cc(C)c(S(=O)(=O)N(C(=O)c2ccc(Cl)cc2)c2ccc3oc4c(c3c2)CCCC4)cc1C. The third-order valence-electron chi connectivity index (χ3n) is 6.76. The van der Waals surface area contributed by atoms with Crippen LogP contribution in [0.4, 0.5) is 5.69 Å². The van der Waals surface area contributed by atoms with Gasteiger partial charge in [0.1, 0.15) is 11.3 Å². The van der Waals surface area contributed by atoms with E-state index in [2.05, 4.69) is 0 Å². The number of aryl methyl sites for hydroxylation is 5. The molecule has 0 N–H and O–H groups in total. The smallest absolute Gasteiger partial charge is 0.272 e. The van der Waals surface area contributed by atoms with Crippen molar-refractivity contribution in [1.82, 2.24) is 0 Å². The Kier molecular flexibility index (Phi) is 5.98. The summed E-state index contributed by atoms with van der Waals surface area (Å²) in [6, 6.07) is 14.9. The van der Waals surface area contributed by atoms with E-state index in [4.69, 9.17) is 16.0 Å². The van der Waals surface area contributed by atoms with Gasteiger partial charge in [0, 0.05) is 28.0 Å². The first-order valence-corrected chi connectivity index (χ1v) is 13.5. The van der Waals surface area contributed by atoms with Crippen molar-refractivity contribution in [2.45, 2.75) is 51.3 Å². The molecule has 0 radical (unpaired) electrons. The van der Waals surface area contributed by atoms with Gasteiger partial charge in [-0.1, -0.05) is 17.7 Å². The highest BCUT2D eigenvalue weighted by Crippen LogP contribution is 2.36. The summed E-state index contributed by atoms with van der Waals surface area (Å²) < 4.78 is 35.2. The van der Waals surface area contributed by atoms with Crippen molar-refractivity contribution >= 4 is 44.2 Å². The first-order valence-electron chi connectivity index (χ1n) is 11.6. The van der Waals surface area contributed by atoms with Crippen molar-refractivity contribution in [2.24, 2.45) is 0 Å². The third-order valence-corrected chi connectivity index (χ3v) is 8.86. The number of nitrogens with zero attached hydrogens (tertiary/aromatic N) is 1. The van der Waals surface area contributed by atoms with E-state index in [0.29, 0.717) is 16.2 Å². The molecule has 0 saturated carbocycles. The number of hydrogen-bond acceptors (Lipinski definition) is 4. The van der Waals surface area contributed by atoms with E-state index >= 15 is 0 Å². The van der Waals surface area contributed by atoms with Gasteiger partial charge in [0.15, 0.2) is 0 Å². The van der Waals surface area contributed by atoms with Crippen molar-refractivity contribution < 1.29 is 17.6 Å². The van der Waals surface area contributed by atoms with Crippen LogP contribution >= 0.6 is 11.6 Å². The molecule has 4 aromatic rings. The first kappa shape index (κ1) is 23.6. The molecule has 1 amide bonds. The monoisotopic (exact) mass is 507 g/mol. The second kappa shape index (κ2) is 8.85. The Balaban J connectivity index is 1.72. The molecule has 0 aliphatic heterocycles. The standard InChI is InChI=1S/C28H26ClNO4S/c1-17-14-19(3)27(15-18(17)2)35(32,33)30(28(31)20-8-10-21(29)11-9-20)22-12-13-26-24(16-22)23-6-4-5-7-25(23)34-26/h8-16H,4-7H2,1-3H3. The van der Waals surface area contributed by atoms with Crippen molar-refractivity contribution in [1.29, 1.82) is 0 Å². The number of sulfonamides is 1. The second-order valence-electron chi connectivity index (χ2n) is 9.17. The van der Waals surface area contributed by atoms with Gasteiger partial charge in [-0.15, -0.1) is 0 Å². The van der Waals surface area contributed by atoms with Gasteiger partial charge in [-0.3, -0.25) is 4.79 Å². The number of anilines is 1. The molecule has 5 nitrogen and oxygen atoms in total. The summed E-state index contributed by atoms with van der Waals surface area (Å²) in [5.74, 6) is 0.308. The molecule has 180 valence electrons. The molecular formula is C28H26ClNO4S. The Morgan fingerprint density at radius 3 is 2.31 bits per heavy atom. The average molecular weight is 508 g/mol. The molecule has 5 rings (SSSR count). The Hall–Kier alpha value is -3.09. The largest absolute Gasteiger partial charge is 0.461 e. The molecule has 0 atom stereocenters. The lowest BCUT2D eigenvalue weighted by atomic mass is 9.96. The first-order chi connectivity index (χ1) is 16.7. The van der Waals surface area contributed by atoms with E-state index in [1.165, 1.54) is 0 Å². The Morgan fingerprint density at radius 2 is 1.57 bits per heavy atom. The number of carbonyl (C=O) groups is 1. The molecule has 1 aliphatic rings. The molecule has 0 spiro atoms. The second-order valence-corrected chi connectivity index (χ2v) is 11.4. The van der Waals surface area contributed by atoms with E-state index < -0.39 is 15.9 Å². The Bertz CT molecular complexity index is 1570. The van der Waals surface area contributed by atoms with E-state index in [-0.39, 0.29) is 16.1 Å². The maximum atomic E-state index is 14.1. The molecule has 1 aromatic heterocycles. The molecule has 1 heterocycles. The lowest BCUT2D eigenvalue weighted by molar-refractivity contribution is 0.101. The zero-order valence-corrected chi connectivity index (χ0v) is 21.5. The molecule has 0 fully saturated rings. The lowest BCUT2D eigenvalue weighted by Gasteiger charge is -2.24. The van der Waals surface area contributed by atoms with Crippen LogP contribution in [0.3, 0.4) is 0 Å². The number of carbonyl (C=O) groups excluding carboxylic acids is 1. The highest BCUT2D eigenvalue weighted by Gasteiger charge is 2.34. The van der Waals surface area contributed by atoms with Crippen LogP contribution in [0.5, 0.6) is 0 Å². The number of furan rings is 1. The van der Waals surface area contributed by atoms with Crippen molar-refractivity contribution in [3.63, 3.8) is 0 Å². The molecule has 7 heteroatoms. The van der Waals surface area contributed by atoms with Crippen LogP contribution < -0.4 is 4.31 Å². The van der Waals surface area contributed by atoms with Crippen LogP contribution in [0.2, 0.25) is 5.02 Å². The third kappa shape index (κ3) is 4.15. The summed E-state index contributed by atoms with van der Waals surface area (Å²) in [7, 11) is -4.23. The number of amides is 1. The van der Waals surface area contributed by atoms with Gasteiger partial charge < -0.3 is 4.42 Å². The van der Waals surface area contributed by atoms with Crippen LogP contribution in [0, 0.1) is 20.8 Å². The summed E-state index contributed by atoms with van der Waals surface area (Å²) >= 11 is 6.02. The van der Waals surface area contributed by atoms with Crippen LogP contribution in [-0.2, 0) is 22.9 Å². The normalized spacial score (nSPS) is 13.6. The van der Waals surface area contributed by atoms with Crippen LogP contribution in [0.1, 0.15) is 51.2 Å². The van der Waals surface area contributed by atoms with Gasteiger partial charge in [0.2, 0.25) is 0 Å². The summed E-state index contributed by atoms with van der Waals surface area (Å²) in [5, 5.41) is 1.32. The van der Waals surface area contributed by atoms with Crippen LogP contribution in [0.25, 0.3) is 11.0 Å². The van der Waals surface area contributed by atoms with E-state index in [1.54, 1.807) is 55.5 Å². The van der Waals surface area contributed by atoms with E-state index in [1.807, 2.05) is 19.9 Å². The maximum absolute atomic E-state index is 14.1. The number of benzene rings is 3. The quantitative estimate of drug-likeness (QED) is 0.300. The van der Waals surface area contributed by atoms with Crippen molar-refractivity contribution in [2.75, 3.05) is 4.31 Å². The van der Waals surface area contributed by atoms with Gasteiger partial charge in [-0.05, 0) is 105 Å². The summed E-state index contributed by atoms with van der Waals surface area (Å²) in [4.78, 5) is 13.9. The molecule has 35 heavy (non-hydrogen) atoms. The molecular weight excluding hydrogens is 482 g/mol. The molecule has 1 aliphatic carbocycles. The highest BCUT2D eigenvalue weighted by molar-refractivity contribution is 7.93. The van der Waals surface area contributed by atoms with Crippen LogP contribution in [-0.4, -0.2) is 14.3 Å². The summed E-state index contributed by atoms with van der Waals surface area (Å²) in [5.41, 5.74) is 4.74. The predicted molar refractivity (Wildman–Crippen MR) is 139 cm³/mol. The van der Waals surface area contributed by atoms with Crippen molar-refractivity contribution in [3.05, 3.63) is 93.2 Å². The average Bonchev–Trinajstić information content (AvgIpc) is 3.20. The minimum absolute atomic E-state index is 0.109. The fraction of sp³-hybridized carbons (Fsp3) is 0.250. The predicted octanol–water partition coefficient (Wildman–Crippen LogP) is 6.93. The Labute approximate surface area is 210 Å². The highest BCUT2D eigenvalue weighted by atomic mass is 35.5. The molecule has 0 bridgehead atoms. The summed E-state index contributed by atoms with van der Waals surface area (Å²) in [6.45, 7) is 5.55. The van der Waals surface area contributed by atoms with Crippen molar-refractivity contribution in [3.8, 4) is 0 Å². The minimum Gasteiger partial charge on any atom is -0.461 e. The zero-order chi connectivity index (χ0) is 24.9. The Morgan fingerprint density at radius 1 is 0.886 bits per heavy atom. The number of fused-ring (bicyclic) bond motifs is 3. The van der Waals surface area contributed by atoms with Gasteiger partial charge in [0.25, 0.3) is 15.9 Å². The zero-order valence-electron chi connectivity index (χ0n) is 19.9.